The number of rotatable bonds is 34. The first-order valence-corrected chi connectivity index (χ1v) is 52.9. The number of ether oxygens (including phenoxy) is 5. The molecular weight excluding hydrogens is 2090 g/mol. The van der Waals surface area contributed by atoms with E-state index >= 15 is 0 Å². The molecule has 0 unspecified atom stereocenters. The van der Waals surface area contributed by atoms with Crippen LogP contribution in [0, 0.1) is 44.7 Å². The van der Waals surface area contributed by atoms with E-state index in [0.717, 1.165) is 107 Å². The number of thioether (sulfide) groups is 2. The van der Waals surface area contributed by atoms with Crippen LogP contribution in [0.3, 0.4) is 0 Å². The average molecular weight is 2190 g/mol. The summed E-state index contributed by atoms with van der Waals surface area (Å²) in [5.74, 6) is 3.57. The van der Waals surface area contributed by atoms with Gasteiger partial charge in [-0.3, -0.25) is 57.6 Å². The highest BCUT2D eigenvalue weighted by Gasteiger charge is 2.73. The molecule has 10 N–H and O–H groups in total. The van der Waals surface area contributed by atoms with Gasteiger partial charge in [0, 0.05) is 113 Å². The first kappa shape index (κ1) is 105. The van der Waals surface area contributed by atoms with E-state index in [9.17, 15) is 56.7 Å². The topological polar surface area (TPSA) is 420 Å². The zero-order valence-electron chi connectivity index (χ0n) is 80.9. The van der Waals surface area contributed by atoms with Gasteiger partial charge in [0.2, 0.25) is 0 Å². The monoisotopic (exact) mass is 2190 g/mol. The normalized spacial score (nSPS) is 24.4. The van der Waals surface area contributed by atoms with Crippen molar-refractivity contribution in [2.75, 3.05) is 45.0 Å². The van der Waals surface area contributed by atoms with Crippen LogP contribution in [0.4, 0.5) is 8.78 Å². The van der Waals surface area contributed by atoms with Crippen LogP contribution in [0.25, 0.3) is 10.9 Å². The Hall–Kier alpha value is -12.5. The number of fused-ring (bicyclic) bond motifs is 1. The van der Waals surface area contributed by atoms with Crippen molar-refractivity contribution in [3.05, 3.63) is 256 Å². The lowest BCUT2D eigenvalue weighted by atomic mass is 9.44. The van der Waals surface area contributed by atoms with E-state index in [2.05, 4.69) is 84.3 Å². The lowest BCUT2D eigenvalue weighted by Gasteiger charge is -2.70. The van der Waals surface area contributed by atoms with Gasteiger partial charge in [0.25, 0.3) is 59.1 Å². The van der Waals surface area contributed by atoms with Crippen LogP contribution >= 0.6 is 104 Å². The van der Waals surface area contributed by atoms with Gasteiger partial charge >= 0.3 is 0 Å². The van der Waals surface area contributed by atoms with E-state index in [1.54, 1.807) is 78.6 Å². The number of thiophene rings is 1. The van der Waals surface area contributed by atoms with Gasteiger partial charge in [-0.05, 0) is 262 Å². The molecule has 27 rings (SSSR count). The minimum atomic E-state index is -0.602. The highest BCUT2D eigenvalue weighted by atomic mass is 35.5. The van der Waals surface area contributed by atoms with Crippen LogP contribution in [0.15, 0.2) is 172 Å². The second-order valence-electron chi connectivity index (χ2n) is 40.3. The second kappa shape index (κ2) is 42.1. The number of halogens is 8. The van der Waals surface area contributed by atoms with Crippen molar-refractivity contribution < 1.29 is 84.9 Å². The van der Waals surface area contributed by atoms with E-state index in [1.807, 2.05) is 70.3 Å². The number of aromatic nitrogens is 6. The highest BCUT2D eigenvalue weighted by Crippen LogP contribution is 2.64. The number of amides is 10. The van der Waals surface area contributed by atoms with Crippen molar-refractivity contribution in [1.82, 2.24) is 83.1 Å². The molecule has 148 heavy (non-hydrogen) atoms. The quantitative estimate of drug-likeness (QED) is 0.0132. The highest BCUT2D eigenvalue weighted by molar-refractivity contribution is 8.00. The molecule has 16 aliphatic rings. The molecule has 5 heterocycles. The standard InChI is InChI=1S/C23H23ClN4O3.C21H18ClFN2O3S2.C21H22ClN3O4.C20H19Cl2N3O3.C20H20ClFN4O3S/c1-14-9-15(7-8-17(14)24)31-10-19(29)25-22-11-23(12-22,13-22)26-21(30)20-16-5-3-4-6-18(16)27-28(20)2;1-3-12-6-16(30-19(12)29-2)18(27)25-21-9-20(10-21,11-21)24-17(26)8-28-13-4-5-14(22)15(23)7-13;1-12-6-14(4-5-16(12)22)28-8-17(26)24-20-9-21(10-20,11-20)25-19(27)15-7-23-29-18(15)13-2-3-13;1-12-7-13(4-5-14(12)21)28-8-16(26)24-19-9-20(10-19,11-19)25-18(27)17-15(22)3-2-6-23-17;1-2-30-17-7-23-6-15(24-17)18(28)26-20-9-19(10-20,11-20)25-16(27)8-29-12-3-4-13(21)14(22)5-12/h3-9H,10-13H2,1-2H3,(H,25,29)(H,26,30);1,4-7H,8-11H2,2H3,(H,24,26)(H,25,27);4-7,13H,2-3,8-11H2,1H3,(H,24,26)(H,25,27);2-7H,8-11H2,1H3,(H,24,26)(H,25,27);3-7H,2,8-11H2,1H3,(H,25,27)(H,26,28). The number of carbonyl (C=O) groups is 10. The lowest BCUT2D eigenvalue weighted by molar-refractivity contribution is -0.142. The van der Waals surface area contributed by atoms with Gasteiger partial charge in [-0.1, -0.05) is 106 Å². The summed E-state index contributed by atoms with van der Waals surface area (Å²) >= 11 is 39.7. The molecule has 0 radical (unpaired) electrons. The third-order valence-corrected chi connectivity index (χ3v) is 33.4. The predicted molar refractivity (Wildman–Crippen MR) is 554 cm³/mol. The van der Waals surface area contributed by atoms with E-state index in [4.69, 9.17) is 104 Å². The Morgan fingerprint density at radius 1 is 0.466 bits per heavy atom. The summed E-state index contributed by atoms with van der Waals surface area (Å²) in [7, 11) is 1.78. The van der Waals surface area contributed by atoms with Crippen LogP contribution in [0.1, 0.15) is 202 Å². The van der Waals surface area contributed by atoms with E-state index in [-0.39, 0.29) is 175 Å². The number of carbonyl (C=O) groups excluding carboxylic acids is 10. The summed E-state index contributed by atoms with van der Waals surface area (Å²) in [6, 6.07) is 36.6. The first-order valence-electron chi connectivity index (χ1n) is 47.6. The summed E-state index contributed by atoms with van der Waals surface area (Å²) < 4.78 is 62.0. The molecule has 16 aliphatic carbocycles. The fourth-order valence-corrected chi connectivity index (χ4v) is 25.0. The molecule has 32 nitrogen and oxygen atoms in total. The molecule has 0 atom stereocenters. The summed E-state index contributed by atoms with van der Waals surface area (Å²) in [6.07, 6.45) is 26.1. The van der Waals surface area contributed by atoms with Crippen molar-refractivity contribution in [3.8, 4) is 41.1 Å². The average Bonchev–Trinajstić information content (AvgIpc) is 0.929. The number of terminal acetylenes is 1. The van der Waals surface area contributed by atoms with Crippen molar-refractivity contribution in [3.63, 3.8) is 0 Å². The maximum Gasteiger partial charge on any atom is 0.271 e. The number of pyridine rings is 1. The molecule has 10 amide bonds. The van der Waals surface area contributed by atoms with Crippen LogP contribution < -0.4 is 76.9 Å². The maximum atomic E-state index is 13.4. The van der Waals surface area contributed by atoms with E-state index in [1.165, 1.54) is 77.7 Å². The van der Waals surface area contributed by atoms with Crippen LogP contribution in [-0.4, -0.2) is 189 Å². The zero-order chi connectivity index (χ0) is 105. The van der Waals surface area contributed by atoms with Gasteiger partial charge in [-0.25, -0.2) is 18.7 Å². The van der Waals surface area contributed by atoms with E-state index < -0.39 is 11.6 Å². The minimum Gasteiger partial charge on any atom is -0.484 e. The van der Waals surface area contributed by atoms with Crippen LogP contribution in [0.5, 0.6) is 28.7 Å². The molecule has 5 aromatic heterocycles. The second-order valence-corrected chi connectivity index (χ2v) is 46.2. The number of hydrogen-bond acceptors (Lipinski definition) is 24. The van der Waals surface area contributed by atoms with Crippen LogP contribution in [-0.2, 0) is 31.0 Å². The SMILES string of the molecule is C#Cc1cc(C(=O)NC23CC(NC(=O)COc4ccc(Cl)c(F)c4)(C2)C3)sc1SC.CCSc1cncc(C(=O)NC23CC(NC(=O)COc4ccc(Cl)c(F)c4)(C2)C3)n1.Cc1cc(OCC(=O)NC23CC(NC(=O)c4c5ccccc5nn4C)(C2)C3)ccc1Cl.Cc1cc(OCC(=O)NC23CC(NC(=O)c4cnoc4C4CC4)(C2)C3)ccc1Cl.Cc1cc(OCC(=O)NC23CC(NC(=O)c4ncccc4Cl)(C2)C3)ccc1Cl. The summed E-state index contributed by atoms with van der Waals surface area (Å²) in [5.41, 5.74) is 3.18. The van der Waals surface area contributed by atoms with E-state index in [0.29, 0.717) is 134 Å². The fraction of sp³-hybridized carbons (Fsp3) is 0.381. The van der Waals surface area contributed by atoms with Gasteiger partial charge in [0.05, 0.1) is 48.3 Å². The predicted octanol–water partition coefficient (Wildman–Crippen LogP) is 16.4. The number of nitrogens with zero attached hydrogens (tertiary/aromatic N) is 6. The summed E-state index contributed by atoms with van der Waals surface area (Å²) in [5, 5.41) is 42.5. The Bertz CT molecular complexity index is 7100. The Morgan fingerprint density at radius 2 is 0.851 bits per heavy atom. The maximum absolute atomic E-state index is 13.4. The van der Waals surface area contributed by atoms with Crippen molar-refractivity contribution in [2.45, 2.75) is 207 Å². The van der Waals surface area contributed by atoms with Gasteiger partial charge in [-0.15, -0.1) is 41.3 Å². The molecule has 6 aromatic carbocycles. The molecule has 16 saturated carbocycles. The molecule has 772 valence electrons. The van der Waals surface area contributed by atoms with Gasteiger partial charge in [0.15, 0.2) is 38.8 Å². The summed E-state index contributed by atoms with van der Waals surface area (Å²) in [6.45, 7) is 7.06. The van der Waals surface area contributed by atoms with Crippen molar-refractivity contribution >= 4 is 174 Å². The minimum absolute atomic E-state index is 0.00394. The first-order chi connectivity index (χ1) is 70.5. The van der Waals surface area contributed by atoms with Crippen LogP contribution in [0.2, 0.25) is 30.1 Å². The molecule has 43 heteroatoms. The Morgan fingerprint density at radius 3 is 1.24 bits per heavy atom. The van der Waals surface area contributed by atoms with Crippen molar-refractivity contribution in [2.24, 2.45) is 7.05 Å². The number of aryl methyl sites for hydroxylation is 4. The Balaban J connectivity index is 0.000000121. The molecular formula is C105H102Cl6F2N16O16S3. The zero-order valence-corrected chi connectivity index (χ0v) is 87.9. The van der Waals surface area contributed by atoms with Crippen molar-refractivity contribution in [1.29, 1.82) is 0 Å². The van der Waals surface area contributed by atoms with Gasteiger partial charge < -0.3 is 81.4 Å². The summed E-state index contributed by atoms with van der Waals surface area (Å²) in [4.78, 5) is 137. The number of nitrogens with one attached hydrogen (secondary N) is 10. The smallest absolute Gasteiger partial charge is 0.271 e. The Labute approximate surface area is 892 Å². The number of hydrogen-bond donors (Lipinski definition) is 10. The molecule has 10 bridgehead atoms. The molecule has 16 fully saturated rings. The van der Waals surface area contributed by atoms with Gasteiger partial charge in [-0.2, -0.15) is 5.10 Å². The lowest BCUT2D eigenvalue weighted by Crippen LogP contribution is -2.84. The molecule has 0 saturated heterocycles. The third-order valence-electron chi connectivity index (χ3n) is 28.2. The molecule has 11 aromatic rings. The molecule has 0 aliphatic heterocycles. The fourth-order valence-electron chi connectivity index (χ4n) is 21.9. The third kappa shape index (κ3) is 23.2. The largest absolute Gasteiger partial charge is 0.484 e. The van der Waals surface area contributed by atoms with Gasteiger partial charge in [0.1, 0.15) is 68.1 Å². The number of benzene rings is 6. The molecule has 0 spiro atoms. The Kier molecular flexibility index (Phi) is 30.0.